The van der Waals surface area contributed by atoms with Crippen LogP contribution in [0.15, 0.2) is 0 Å². The lowest BCUT2D eigenvalue weighted by atomic mass is 10.0. The van der Waals surface area contributed by atoms with Crippen LogP contribution in [0.5, 0.6) is 0 Å². The molecule has 0 saturated carbocycles. The molecule has 6 nitrogen and oxygen atoms in total. The average molecular weight is 285 g/mol. The second-order valence-corrected chi connectivity index (χ2v) is 5.43. The van der Waals surface area contributed by atoms with Crippen molar-refractivity contribution < 1.29 is 14.7 Å². The van der Waals surface area contributed by atoms with Crippen LogP contribution in [0.3, 0.4) is 0 Å². The van der Waals surface area contributed by atoms with Crippen molar-refractivity contribution in [1.29, 1.82) is 0 Å². The molecular formula is C14H27N3O3. The molecule has 0 spiro atoms. The summed E-state index contributed by atoms with van der Waals surface area (Å²) in [6.45, 7) is 9.67. The van der Waals surface area contributed by atoms with Gasteiger partial charge in [-0.15, -0.1) is 0 Å². The topological polar surface area (TPSA) is 72.9 Å². The highest BCUT2D eigenvalue weighted by Gasteiger charge is 2.26. The van der Waals surface area contributed by atoms with E-state index in [2.05, 4.69) is 24.1 Å². The minimum atomic E-state index is -0.837. The number of nitrogens with zero attached hydrogens (tertiary/aromatic N) is 2. The number of hydrogen-bond donors (Lipinski definition) is 2. The number of carboxylic acid groups (broad SMARTS) is 1. The van der Waals surface area contributed by atoms with E-state index in [4.69, 9.17) is 5.11 Å². The Balaban J connectivity index is 2.41. The van der Waals surface area contributed by atoms with Gasteiger partial charge >= 0.3 is 12.0 Å². The lowest BCUT2D eigenvalue weighted by molar-refractivity contribution is -0.141. The van der Waals surface area contributed by atoms with Crippen LogP contribution in [0.4, 0.5) is 4.79 Å². The van der Waals surface area contributed by atoms with Crippen LogP contribution >= 0.6 is 0 Å². The van der Waals surface area contributed by atoms with Crippen molar-refractivity contribution in [2.75, 3.05) is 32.7 Å². The summed E-state index contributed by atoms with van der Waals surface area (Å²) in [5.41, 5.74) is 0. The van der Waals surface area contributed by atoms with Crippen molar-refractivity contribution in [3.8, 4) is 0 Å². The minimum Gasteiger partial charge on any atom is -0.481 e. The molecule has 2 atom stereocenters. The maximum atomic E-state index is 12.1. The summed E-state index contributed by atoms with van der Waals surface area (Å²) < 4.78 is 0. The molecule has 1 rings (SSSR count). The van der Waals surface area contributed by atoms with Gasteiger partial charge in [-0.1, -0.05) is 20.3 Å². The van der Waals surface area contributed by atoms with Gasteiger partial charge in [0.1, 0.15) is 0 Å². The van der Waals surface area contributed by atoms with E-state index < -0.39 is 11.9 Å². The van der Waals surface area contributed by atoms with Gasteiger partial charge in [-0.3, -0.25) is 9.69 Å². The van der Waals surface area contributed by atoms with E-state index >= 15 is 0 Å². The number of carbonyl (C=O) groups excluding carboxylic acids is 1. The lowest BCUT2D eigenvalue weighted by Gasteiger charge is -2.39. The molecule has 0 aromatic heterocycles. The SMILES string of the molecule is CCCC(CNC(=O)N1CCN(CC)C(C)C1)C(=O)O. The first kappa shape index (κ1) is 16.8. The molecule has 1 saturated heterocycles. The standard InChI is InChI=1S/C14H27N3O3/c1-4-6-12(13(18)19)9-15-14(20)17-8-7-16(5-2)11(3)10-17/h11-12H,4-10H2,1-3H3,(H,15,20)(H,18,19). The van der Waals surface area contributed by atoms with Crippen molar-refractivity contribution in [3.63, 3.8) is 0 Å². The van der Waals surface area contributed by atoms with Gasteiger partial charge < -0.3 is 15.3 Å². The number of piperazine rings is 1. The van der Waals surface area contributed by atoms with Crippen LogP contribution in [-0.2, 0) is 4.79 Å². The Hall–Kier alpha value is -1.30. The Morgan fingerprint density at radius 2 is 2.05 bits per heavy atom. The maximum Gasteiger partial charge on any atom is 0.317 e. The summed E-state index contributed by atoms with van der Waals surface area (Å²) in [5, 5.41) is 11.8. The molecule has 1 aliphatic rings. The summed E-state index contributed by atoms with van der Waals surface area (Å²) >= 11 is 0. The van der Waals surface area contributed by atoms with Gasteiger partial charge in [-0.2, -0.15) is 0 Å². The van der Waals surface area contributed by atoms with Gasteiger partial charge in [0.15, 0.2) is 0 Å². The highest BCUT2D eigenvalue weighted by atomic mass is 16.4. The molecule has 0 aliphatic carbocycles. The van der Waals surface area contributed by atoms with E-state index in [9.17, 15) is 9.59 Å². The van der Waals surface area contributed by atoms with E-state index in [0.29, 0.717) is 25.6 Å². The van der Waals surface area contributed by atoms with Crippen LogP contribution < -0.4 is 5.32 Å². The molecule has 1 aliphatic heterocycles. The second kappa shape index (κ2) is 8.09. The summed E-state index contributed by atoms with van der Waals surface area (Å²) in [4.78, 5) is 27.2. The van der Waals surface area contributed by atoms with E-state index in [1.807, 2.05) is 6.92 Å². The van der Waals surface area contributed by atoms with Gasteiger partial charge in [0.05, 0.1) is 5.92 Å². The van der Waals surface area contributed by atoms with E-state index in [-0.39, 0.29) is 12.6 Å². The van der Waals surface area contributed by atoms with Gasteiger partial charge in [0, 0.05) is 32.2 Å². The fourth-order valence-electron chi connectivity index (χ4n) is 2.63. The highest BCUT2D eigenvalue weighted by molar-refractivity contribution is 5.76. The first-order chi connectivity index (χ1) is 9.49. The smallest absolute Gasteiger partial charge is 0.317 e. The number of aliphatic carboxylic acids is 1. The Bertz CT molecular complexity index is 336. The first-order valence-electron chi connectivity index (χ1n) is 7.49. The van der Waals surface area contributed by atoms with Crippen LogP contribution in [0.1, 0.15) is 33.6 Å². The van der Waals surface area contributed by atoms with Gasteiger partial charge in [-0.05, 0) is 19.9 Å². The lowest BCUT2D eigenvalue weighted by Crippen LogP contribution is -2.56. The minimum absolute atomic E-state index is 0.144. The van der Waals surface area contributed by atoms with Crippen molar-refractivity contribution >= 4 is 12.0 Å². The molecule has 2 amide bonds. The zero-order valence-electron chi connectivity index (χ0n) is 12.8. The van der Waals surface area contributed by atoms with Crippen molar-refractivity contribution in [3.05, 3.63) is 0 Å². The molecule has 20 heavy (non-hydrogen) atoms. The Morgan fingerprint density at radius 1 is 1.35 bits per heavy atom. The fourth-order valence-corrected chi connectivity index (χ4v) is 2.63. The summed E-state index contributed by atoms with van der Waals surface area (Å²) in [6.07, 6.45) is 1.40. The van der Waals surface area contributed by atoms with E-state index in [1.165, 1.54) is 0 Å². The molecule has 2 N–H and O–H groups in total. The number of nitrogens with one attached hydrogen (secondary N) is 1. The third kappa shape index (κ3) is 4.67. The average Bonchev–Trinajstić information content (AvgIpc) is 2.42. The molecule has 0 aromatic carbocycles. The number of carboxylic acids is 1. The zero-order chi connectivity index (χ0) is 15.1. The summed E-state index contributed by atoms with van der Waals surface area (Å²) in [5.74, 6) is -1.32. The molecule has 0 radical (unpaired) electrons. The molecule has 2 unspecified atom stereocenters. The Kier molecular flexibility index (Phi) is 6.78. The van der Waals surface area contributed by atoms with Gasteiger partial charge in [0.25, 0.3) is 0 Å². The molecule has 0 aromatic rings. The highest BCUT2D eigenvalue weighted by Crippen LogP contribution is 2.10. The van der Waals surface area contributed by atoms with E-state index in [1.54, 1.807) is 4.90 Å². The first-order valence-corrected chi connectivity index (χ1v) is 7.49. The summed E-state index contributed by atoms with van der Waals surface area (Å²) in [7, 11) is 0. The second-order valence-electron chi connectivity index (χ2n) is 5.43. The largest absolute Gasteiger partial charge is 0.481 e. The normalized spacial score (nSPS) is 21.6. The predicted octanol–water partition coefficient (Wildman–Crippen LogP) is 1.22. The Morgan fingerprint density at radius 3 is 2.55 bits per heavy atom. The number of likely N-dealkylation sites (N-methyl/N-ethyl adjacent to an activating group) is 1. The number of hydrogen-bond acceptors (Lipinski definition) is 3. The molecule has 116 valence electrons. The van der Waals surface area contributed by atoms with E-state index in [0.717, 1.165) is 19.5 Å². The number of carbonyl (C=O) groups is 2. The van der Waals surface area contributed by atoms with Crippen LogP contribution in [0.25, 0.3) is 0 Å². The monoisotopic (exact) mass is 285 g/mol. The van der Waals surface area contributed by atoms with Crippen LogP contribution in [0.2, 0.25) is 0 Å². The molecule has 0 bridgehead atoms. The summed E-state index contributed by atoms with van der Waals surface area (Å²) in [6, 6.07) is 0.209. The fraction of sp³-hybridized carbons (Fsp3) is 0.857. The van der Waals surface area contributed by atoms with Gasteiger partial charge in [-0.25, -0.2) is 4.79 Å². The zero-order valence-corrected chi connectivity index (χ0v) is 12.8. The Labute approximate surface area is 121 Å². The maximum absolute atomic E-state index is 12.1. The molecule has 1 fully saturated rings. The van der Waals surface area contributed by atoms with Crippen LogP contribution in [-0.4, -0.2) is 65.7 Å². The van der Waals surface area contributed by atoms with Gasteiger partial charge in [0.2, 0.25) is 0 Å². The third-order valence-corrected chi connectivity index (χ3v) is 3.94. The number of rotatable bonds is 6. The molecule has 6 heteroatoms. The van der Waals surface area contributed by atoms with Crippen LogP contribution in [0, 0.1) is 5.92 Å². The molecular weight excluding hydrogens is 258 g/mol. The quantitative estimate of drug-likeness (QED) is 0.769. The number of amides is 2. The van der Waals surface area contributed by atoms with Crippen molar-refractivity contribution in [2.24, 2.45) is 5.92 Å². The van der Waals surface area contributed by atoms with Crippen molar-refractivity contribution in [2.45, 2.75) is 39.7 Å². The van der Waals surface area contributed by atoms with Crippen molar-refractivity contribution in [1.82, 2.24) is 15.1 Å². The third-order valence-electron chi connectivity index (χ3n) is 3.94. The molecule has 1 heterocycles. The predicted molar refractivity (Wildman–Crippen MR) is 77.7 cm³/mol. The number of urea groups is 1.